The summed E-state index contributed by atoms with van der Waals surface area (Å²) in [5.74, 6) is 0.565. The van der Waals surface area contributed by atoms with E-state index >= 15 is 0 Å². The minimum Gasteiger partial charge on any atom is -0.504 e. The number of hydrogen-bond donors (Lipinski definition) is 1. The van der Waals surface area contributed by atoms with Gasteiger partial charge in [0.1, 0.15) is 0 Å². The van der Waals surface area contributed by atoms with Crippen molar-refractivity contribution < 1.29 is 9.84 Å². The molecule has 0 saturated heterocycles. The van der Waals surface area contributed by atoms with Gasteiger partial charge >= 0.3 is 0 Å². The number of phenolic OH excluding ortho intramolecular Hbond substituents is 1. The Bertz CT molecular complexity index is 743. The molecule has 0 atom stereocenters. The summed E-state index contributed by atoms with van der Waals surface area (Å²) in [4.78, 5) is 0. The predicted octanol–water partition coefficient (Wildman–Crippen LogP) is 4.77. The van der Waals surface area contributed by atoms with Gasteiger partial charge in [0.15, 0.2) is 11.5 Å². The highest BCUT2D eigenvalue weighted by Gasteiger charge is 2.09. The number of nitrogens with zero attached hydrogens (tertiary/aromatic N) is 1. The molecule has 0 aromatic heterocycles. The number of allylic oxidation sites excluding steroid dienone is 1. The van der Waals surface area contributed by atoms with E-state index in [9.17, 15) is 10.4 Å². The number of rotatable bonds is 4. The van der Waals surface area contributed by atoms with Crippen LogP contribution in [0.4, 0.5) is 0 Å². The van der Waals surface area contributed by atoms with Gasteiger partial charge in [-0.25, -0.2) is 0 Å². The molecule has 0 bridgehead atoms. The molecule has 1 N–H and O–H groups in total. The maximum Gasteiger partial charge on any atom is 0.171 e. The van der Waals surface area contributed by atoms with Gasteiger partial charge < -0.3 is 9.84 Å². The second kappa shape index (κ2) is 7.32. The van der Waals surface area contributed by atoms with Gasteiger partial charge in [0, 0.05) is 0 Å². The van der Waals surface area contributed by atoms with Gasteiger partial charge in [0.2, 0.25) is 0 Å². The molecule has 0 aliphatic heterocycles. The van der Waals surface area contributed by atoms with E-state index in [0.29, 0.717) is 21.5 Å². The van der Waals surface area contributed by atoms with Crippen molar-refractivity contribution in [3.05, 3.63) is 56.7 Å². The average Bonchev–Trinajstić information content (AvgIpc) is 2.51. The molecule has 0 amide bonds. The molecule has 2 aromatic rings. The largest absolute Gasteiger partial charge is 0.504 e. The lowest BCUT2D eigenvalue weighted by Crippen LogP contribution is -1.94. The van der Waals surface area contributed by atoms with Crippen LogP contribution in [-0.2, 0) is 0 Å². The summed E-state index contributed by atoms with van der Waals surface area (Å²) in [6, 6.07) is 13.6. The van der Waals surface area contributed by atoms with E-state index in [1.807, 2.05) is 44.2 Å². The maximum absolute atomic E-state index is 9.97. The fraction of sp³-hybridized carbons (Fsp3) is 0.167. The molecule has 0 aliphatic carbocycles. The van der Waals surface area contributed by atoms with E-state index in [2.05, 4.69) is 28.7 Å². The fourth-order valence-corrected chi connectivity index (χ4v) is 2.65. The molecule has 0 spiro atoms. The number of aryl methyl sites for hydroxylation is 1. The van der Waals surface area contributed by atoms with E-state index in [1.54, 1.807) is 12.1 Å². The molecular weight excluding hydrogens is 389 g/mol. The van der Waals surface area contributed by atoms with Crippen LogP contribution in [0.5, 0.6) is 11.5 Å². The molecule has 4 heteroatoms. The van der Waals surface area contributed by atoms with Crippen molar-refractivity contribution in [2.75, 3.05) is 6.61 Å². The van der Waals surface area contributed by atoms with Crippen LogP contribution in [0.2, 0.25) is 0 Å². The van der Waals surface area contributed by atoms with E-state index in [-0.39, 0.29) is 5.75 Å². The number of aromatic hydroxyl groups is 1. The van der Waals surface area contributed by atoms with E-state index in [4.69, 9.17) is 4.74 Å². The smallest absolute Gasteiger partial charge is 0.171 e. The van der Waals surface area contributed by atoms with Crippen LogP contribution in [0, 0.1) is 21.8 Å². The predicted molar refractivity (Wildman–Crippen MR) is 96.7 cm³/mol. The summed E-state index contributed by atoms with van der Waals surface area (Å²) in [5, 5.41) is 19.4. The van der Waals surface area contributed by atoms with Crippen LogP contribution in [0.25, 0.3) is 11.6 Å². The third-order valence-corrected chi connectivity index (χ3v) is 3.97. The number of hydrogen-bond acceptors (Lipinski definition) is 3. The minimum atomic E-state index is 0.133. The third kappa shape index (κ3) is 3.80. The van der Waals surface area contributed by atoms with Crippen molar-refractivity contribution in [2.45, 2.75) is 13.8 Å². The number of phenols is 1. The Morgan fingerprint density at radius 2 is 2.00 bits per heavy atom. The lowest BCUT2D eigenvalue weighted by molar-refractivity contribution is 0.317. The Kier molecular flexibility index (Phi) is 5.45. The zero-order valence-corrected chi connectivity index (χ0v) is 14.6. The monoisotopic (exact) mass is 405 g/mol. The summed E-state index contributed by atoms with van der Waals surface area (Å²) in [7, 11) is 0. The van der Waals surface area contributed by atoms with Crippen LogP contribution in [-0.4, -0.2) is 11.7 Å². The Labute approximate surface area is 144 Å². The van der Waals surface area contributed by atoms with Crippen molar-refractivity contribution >= 4 is 34.2 Å². The van der Waals surface area contributed by atoms with Gasteiger partial charge in [-0.15, -0.1) is 0 Å². The molecule has 2 aromatic carbocycles. The molecule has 2 rings (SSSR count). The molecule has 3 nitrogen and oxygen atoms in total. The van der Waals surface area contributed by atoms with E-state index < -0.39 is 0 Å². The molecule has 0 unspecified atom stereocenters. The first-order chi connectivity index (χ1) is 10.5. The average molecular weight is 405 g/mol. The Morgan fingerprint density at radius 3 is 2.59 bits per heavy atom. The second-order valence-electron chi connectivity index (χ2n) is 4.82. The quantitative estimate of drug-likeness (QED) is 0.453. The van der Waals surface area contributed by atoms with Crippen molar-refractivity contribution in [2.24, 2.45) is 0 Å². The molecule has 22 heavy (non-hydrogen) atoms. The number of nitriles is 1. The van der Waals surface area contributed by atoms with Crippen molar-refractivity contribution in [3.63, 3.8) is 0 Å². The number of ether oxygens (including phenoxy) is 1. The van der Waals surface area contributed by atoms with Crippen molar-refractivity contribution in [3.8, 4) is 17.6 Å². The van der Waals surface area contributed by atoms with Crippen molar-refractivity contribution in [1.29, 1.82) is 5.26 Å². The van der Waals surface area contributed by atoms with Crippen LogP contribution < -0.4 is 4.74 Å². The first-order valence-electron chi connectivity index (χ1n) is 6.89. The zero-order valence-electron chi connectivity index (χ0n) is 12.4. The fourth-order valence-electron chi connectivity index (χ4n) is 2.02. The summed E-state index contributed by atoms with van der Waals surface area (Å²) in [6.45, 7) is 4.35. The van der Waals surface area contributed by atoms with Gasteiger partial charge in [0.25, 0.3) is 0 Å². The molecule has 0 saturated carbocycles. The van der Waals surface area contributed by atoms with Crippen LogP contribution in [0.15, 0.2) is 36.4 Å². The molecule has 112 valence electrons. The third-order valence-electron chi connectivity index (χ3n) is 3.14. The SMILES string of the molecule is CCOc1cc(/C=C(/C#N)c2ccc(C)cc2)cc(I)c1O. The van der Waals surface area contributed by atoms with Gasteiger partial charge in [-0.1, -0.05) is 29.8 Å². The molecule has 0 radical (unpaired) electrons. The first kappa shape index (κ1) is 16.4. The van der Waals surface area contributed by atoms with Crippen LogP contribution >= 0.6 is 22.6 Å². The Hall–Kier alpha value is -2.00. The topological polar surface area (TPSA) is 53.2 Å². The first-order valence-corrected chi connectivity index (χ1v) is 7.97. The van der Waals surface area contributed by atoms with Gasteiger partial charge in [0.05, 0.1) is 21.8 Å². The van der Waals surface area contributed by atoms with Gasteiger partial charge in [-0.05, 0) is 65.8 Å². The van der Waals surface area contributed by atoms with E-state index in [1.165, 1.54) is 0 Å². The standard InChI is InChI=1S/C18H16INO2/c1-3-22-17-10-13(9-16(19)18(17)21)8-15(11-20)14-6-4-12(2)5-7-14/h4-10,21H,3H2,1-2H3/b15-8-. The normalized spacial score (nSPS) is 11.1. The number of halogens is 1. The minimum absolute atomic E-state index is 0.133. The molecule has 0 heterocycles. The van der Waals surface area contributed by atoms with Gasteiger partial charge in [-0.2, -0.15) is 5.26 Å². The van der Waals surface area contributed by atoms with E-state index in [0.717, 1.165) is 16.7 Å². The Balaban J connectivity index is 2.46. The Morgan fingerprint density at radius 1 is 1.32 bits per heavy atom. The second-order valence-corrected chi connectivity index (χ2v) is 5.98. The molecule has 0 fully saturated rings. The summed E-state index contributed by atoms with van der Waals surface area (Å²) < 4.78 is 6.12. The number of benzene rings is 2. The lowest BCUT2D eigenvalue weighted by Gasteiger charge is -2.09. The van der Waals surface area contributed by atoms with Crippen molar-refractivity contribution in [1.82, 2.24) is 0 Å². The zero-order chi connectivity index (χ0) is 16.1. The summed E-state index contributed by atoms with van der Waals surface area (Å²) >= 11 is 2.05. The van der Waals surface area contributed by atoms with Crippen LogP contribution in [0.1, 0.15) is 23.6 Å². The maximum atomic E-state index is 9.97. The highest BCUT2D eigenvalue weighted by atomic mass is 127. The highest BCUT2D eigenvalue weighted by molar-refractivity contribution is 14.1. The van der Waals surface area contributed by atoms with Crippen LogP contribution in [0.3, 0.4) is 0 Å². The summed E-state index contributed by atoms with van der Waals surface area (Å²) in [6.07, 6.45) is 1.80. The molecule has 0 aliphatic rings. The highest BCUT2D eigenvalue weighted by Crippen LogP contribution is 2.34. The lowest BCUT2D eigenvalue weighted by atomic mass is 10.0. The molecular formula is C18H16INO2. The van der Waals surface area contributed by atoms with Gasteiger partial charge in [-0.3, -0.25) is 0 Å². The summed E-state index contributed by atoms with van der Waals surface area (Å²) in [5.41, 5.74) is 3.42.